The van der Waals surface area contributed by atoms with Crippen molar-refractivity contribution >= 4 is 15.8 Å². The third kappa shape index (κ3) is 2.22. The molecule has 2 fully saturated rings. The lowest BCUT2D eigenvalue weighted by molar-refractivity contribution is 0.389. The summed E-state index contributed by atoms with van der Waals surface area (Å²) in [4.78, 5) is 4.02. The van der Waals surface area contributed by atoms with E-state index in [0.717, 1.165) is 25.7 Å². The molecule has 2 saturated carbocycles. The lowest BCUT2D eigenvalue weighted by atomic mass is 10.4. The second-order valence-corrected chi connectivity index (χ2v) is 7.00. The van der Waals surface area contributed by atoms with Crippen molar-refractivity contribution in [3.63, 3.8) is 0 Å². The molecule has 0 bridgehead atoms. The first-order chi connectivity index (χ1) is 8.59. The van der Waals surface area contributed by atoms with Gasteiger partial charge in [0.2, 0.25) is 10.0 Å². The van der Waals surface area contributed by atoms with Gasteiger partial charge in [-0.1, -0.05) is 0 Å². The first kappa shape index (κ1) is 11.9. The maximum absolute atomic E-state index is 12.6. The molecule has 1 aromatic heterocycles. The largest absolute Gasteiger partial charge is 0.383 e. The highest BCUT2D eigenvalue weighted by molar-refractivity contribution is 7.89. The number of nitrogen functional groups attached to an aromatic ring is 1. The Morgan fingerprint density at radius 3 is 2.61 bits per heavy atom. The van der Waals surface area contributed by atoms with Crippen LogP contribution in [0.1, 0.15) is 25.7 Å². The molecule has 0 spiro atoms. The standard InChI is InChI=1S/C12H17N3O2S/c13-12-11(2-1-7-14-12)18(16,17)15(10-5-6-10)8-9-3-4-9/h1-2,7,9-10H,3-6,8H2,(H2,13,14). The summed E-state index contributed by atoms with van der Waals surface area (Å²) in [5.41, 5.74) is 5.69. The van der Waals surface area contributed by atoms with Crippen LogP contribution in [0.4, 0.5) is 5.82 Å². The predicted molar refractivity (Wildman–Crippen MR) is 68.3 cm³/mol. The van der Waals surface area contributed by atoms with Crippen LogP contribution in [0.25, 0.3) is 0 Å². The molecule has 1 aromatic rings. The van der Waals surface area contributed by atoms with Gasteiger partial charge in [0.05, 0.1) is 0 Å². The Balaban J connectivity index is 1.93. The van der Waals surface area contributed by atoms with Crippen molar-refractivity contribution in [1.29, 1.82) is 0 Å². The fourth-order valence-electron chi connectivity index (χ4n) is 2.11. The van der Waals surface area contributed by atoms with E-state index in [1.165, 1.54) is 6.20 Å². The maximum atomic E-state index is 12.6. The van der Waals surface area contributed by atoms with E-state index in [9.17, 15) is 8.42 Å². The maximum Gasteiger partial charge on any atom is 0.246 e. The fraction of sp³-hybridized carbons (Fsp3) is 0.583. The zero-order chi connectivity index (χ0) is 12.8. The van der Waals surface area contributed by atoms with Gasteiger partial charge in [0.15, 0.2) is 0 Å². The number of sulfonamides is 1. The number of hydrogen-bond acceptors (Lipinski definition) is 4. The molecule has 1 heterocycles. The van der Waals surface area contributed by atoms with Crippen LogP contribution in [0.2, 0.25) is 0 Å². The molecule has 0 amide bonds. The van der Waals surface area contributed by atoms with Crippen LogP contribution in [0.3, 0.4) is 0 Å². The van der Waals surface area contributed by atoms with Crippen LogP contribution in [0.15, 0.2) is 23.2 Å². The number of nitrogens with zero attached hydrogens (tertiary/aromatic N) is 2. The molecule has 2 aliphatic rings. The second kappa shape index (κ2) is 4.20. The van der Waals surface area contributed by atoms with Gasteiger partial charge in [-0.3, -0.25) is 0 Å². The van der Waals surface area contributed by atoms with Gasteiger partial charge in [-0.05, 0) is 43.7 Å². The molecule has 0 atom stereocenters. The van der Waals surface area contributed by atoms with E-state index in [1.807, 2.05) is 0 Å². The topological polar surface area (TPSA) is 76.3 Å². The number of anilines is 1. The first-order valence-corrected chi connectivity index (χ1v) is 7.75. The van der Waals surface area contributed by atoms with Crippen molar-refractivity contribution in [1.82, 2.24) is 9.29 Å². The molecule has 3 rings (SSSR count). The fourth-order valence-corrected chi connectivity index (χ4v) is 3.94. The van der Waals surface area contributed by atoms with Gasteiger partial charge in [-0.25, -0.2) is 13.4 Å². The highest BCUT2D eigenvalue weighted by Gasteiger charge is 2.41. The number of hydrogen-bond donors (Lipinski definition) is 1. The monoisotopic (exact) mass is 267 g/mol. The summed E-state index contributed by atoms with van der Waals surface area (Å²) in [5.74, 6) is 0.636. The van der Waals surface area contributed by atoms with E-state index in [2.05, 4.69) is 4.98 Å². The molecule has 2 N–H and O–H groups in total. The Labute approximate surface area is 107 Å². The number of nitrogens with two attached hydrogens (primary N) is 1. The molecule has 0 aromatic carbocycles. The van der Waals surface area contributed by atoms with Gasteiger partial charge >= 0.3 is 0 Å². The van der Waals surface area contributed by atoms with Gasteiger partial charge in [-0.15, -0.1) is 0 Å². The van der Waals surface area contributed by atoms with E-state index in [0.29, 0.717) is 12.5 Å². The zero-order valence-corrected chi connectivity index (χ0v) is 10.9. The second-order valence-electron chi connectivity index (χ2n) is 5.14. The highest BCUT2D eigenvalue weighted by atomic mass is 32.2. The van der Waals surface area contributed by atoms with E-state index in [-0.39, 0.29) is 16.8 Å². The van der Waals surface area contributed by atoms with Crippen molar-refractivity contribution in [2.24, 2.45) is 5.92 Å². The van der Waals surface area contributed by atoms with Gasteiger partial charge in [0, 0.05) is 18.8 Å². The van der Waals surface area contributed by atoms with Crippen LogP contribution >= 0.6 is 0 Å². The molecular weight excluding hydrogens is 250 g/mol. The van der Waals surface area contributed by atoms with Crippen LogP contribution in [-0.4, -0.2) is 30.3 Å². The number of aromatic nitrogens is 1. The molecule has 0 radical (unpaired) electrons. The van der Waals surface area contributed by atoms with E-state index in [1.54, 1.807) is 16.4 Å². The summed E-state index contributed by atoms with van der Waals surface area (Å²) in [6, 6.07) is 3.33. The molecule has 0 aliphatic heterocycles. The van der Waals surface area contributed by atoms with Crippen molar-refractivity contribution in [2.75, 3.05) is 12.3 Å². The third-order valence-corrected chi connectivity index (χ3v) is 5.44. The van der Waals surface area contributed by atoms with Crippen molar-refractivity contribution in [3.05, 3.63) is 18.3 Å². The minimum atomic E-state index is -3.48. The first-order valence-electron chi connectivity index (χ1n) is 6.31. The molecule has 2 aliphatic carbocycles. The summed E-state index contributed by atoms with van der Waals surface area (Å²) in [6.45, 7) is 0.640. The normalized spacial score (nSPS) is 20.3. The Morgan fingerprint density at radius 1 is 1.33 bits per heavy atom. The summed E-state index contributed by atoms with van der Waals surface area (Å²) in [7, 11) is -3.48. The Morgan fingerprint density at radius 2 is 2.06 bits per heavy atom. The summed E-state index contributed by atoms with van der Waals surface area (Å²) < 4.78 is 26.8. The van der Waals surface area contributed by atoms with E-state index in [4.69, 9.17) is 5.73 Å². The van der Waals surface area contributed by atoms with Gasteiger partial charge in [-0.2, -0.15) is 4.31 Å². The SMILES string of the molecule is Nc1ncccc1S(=O)(=O)N(CC1CC1)C1CC1. The quantitative estimate of drug-likeness (QED) is 0.870. The van der Waals surface area contributed by atoms with Crippen LogP contribution in [0, 0.1) is 5.92 Å². The lowest BCUT2D eigenvalue weighted by Gasteiger charge is -2.22. The minimum absolute atomic E-state index is 0.0962. The van der Waals surface area contributed by atoms with Gasteiger partial charge in [0.25, 0.3) is 0 Å². The van der Waals surface area contributed by atoms with Gasteiger partial charge < -0.3 is 5.73 Å². The predicted octanol–water partition coefficient (Wildman–Crippen LogP) is 1.23. The Hall–Kier alpha value is -1.14. The van der Waals surface area contributed by atoms with E-state index < -0.39 is 10.0 Å². The zero-order valence-electron chi connectivity index (χ0n) is 10.1. The number of rotatable bonds is 5. The Kier molecular flexibility index (Phi) is 2.79. The molecule has 5 nitrogen and oxygen atoms in total. The van der Waals surface area contributed by atoms with Crippen molar-refractivity contribution < 1.29 is 8.42 Å². The van der Waals surface area contributed by atoms with Crippen molar-refractivity contribution in [2.45, 2.75) is 36.6 Å². The number of pyridine rings is 1. The molecule has 0 unspecified atom stereocenters. The molecule has 98 valence electrons. The molecular formula is C12H17N3O2S. The third-order valence-electron chi connectivity index (χ3n) is 3.48. The highest BCUT2D eigenvalue weighted by Crippen LogP contribution is 2.38. The van der Waals surface area contributed by atoms with Crippen LogP contribution in [0.5, 0.6) is 0 Å². The summed E-state index contributed by atoms with van der Waals surface area (Å²) >= 11 is 0. The molecule has 0 saturated heterocycles. The lowest BCUT2D eigenvalue weighted by Crippen LogP contribution is -2.35. The Bertz CT molecular complexity index is 550. The molecule has 18 heavy (non-hydrogen) atoms. The van der Waals surface area contributed by atoms with Crippen molar-refractivity contribution in [3.8, 4) is 0 Å². The smallest absolute Gasteiger partial charge is 0.246 e. The summed E-state index contributed by atoms with van der Waals surface area (Å²) in [6.07, 6.45) is 5.72. The van der Waals surface area contributed by atoms with E-state index >= 15 is 0 Å². The molecule has 6 heteroatoms. The van der Waals surface area contributed by atoms with Gasteiger partial charge in [0.1, 0.15) is 10.7 Å². The van der Waals surface area contributed by atoms with Crippen LogP contribution < -0.4 is 5.73 Å². The average molecular weight is 267 g/mol. The summed E-state index contributed by atoms with van der Waals surface area (Å²) in [5, 5.41) is 0. The average Bonchev–Trinajstić information content (AvgIpc) is 3.19. The van der Waals surface area contributed by atoms with Crippen LogP contribution in [-0.2, 0) is 10.0 Å². The minimum Gasteiger partial charge on any atom is -0.383 e.